The molecule has 0 atom stereocenters. The van der Waals surface area contributed by atoms with E-state index in [1.54, 1.807) is 0 Å². The quantitative estimate of drug-likeness (QED) is 0.813. The third-order valence-electron chi connectivity index (χ3n) is 4.40. The molecule has 0 unspecified atom stereocenters. The van der Waals surface area contributed by atoms with Crippen molar-refractivity contribution in [1.82, 2.24) is 10.2 Å². The first-order valence-electron chi connectivity index (χ1n) is 8.21. The summed E-state index contributed by atoms with van der Waals surface area (Å²) in [4.78, 5) is 13.6. The Balaban J connectivity index is 1.92. The summed E-state index contributed by atoms with van der Waals surface area (Å²) in [6.45, 7) is 7.17. The molecule has 1 saturated heterocycles. The van der Waals surface area contributed by atoms with Crippen molar-refractivity contribution < 1.29 is 14.3 Å². The molecule has 1 aliphatic rings. The number of benzene rings is 1. The highest BCUT2D eigenvalue weighted by molar-refractivity contribution is 5.71. The first-order chi connectivity index (χ1) is 11.0. The number of hydrogen-bond donors (Lipinski definition) is 1. The number of nitrogens with zero attached hydrogens (tertiary/aromatic N) is 1. The molecular weight excluding hydrogens is 292 g/mol. The first-order valence-corrected chi connectivity index (χ1v) is 8.21. The maximum Gasteiger partial charge on any atom is 0.343 e. The molecule has 5 nitrogen and oxygen atoms in total. The number of ether oxygens (including phenoxy) is 2. The zero-order valence-corrected chi connectivity index (χ0v) is 14.6. The molecule has 0 radical (unpaired) electrons. The molecule has 1 aromatic rings. The Morgan fingerprint density at radius 1 is 1.26 bits per heavy atom. The zero-order chi connectivity index (χ0) is 16.8. The average Bonchev–Trinajstić information content (AvgIpc) is 2.53. The van der Waals surface area contributed by atoms with E-state index in [0.717, 1.165) is 36.5 Å². The number of nitrogens with one attached hydrogen (secondary N) is 1. The molecule has 0 bridgehead atoms. The van der Waals surface area contributed by atoms with Gasteiger partial charge in [0.25, 0.3) is 0 Å². The van der Waals surface area contributed by atoms with Crippen molar-refractivity contribution in [3.05, 3.63) is 28.8 Å². The second kappa shape index (κ2) is 8.31. The first kappa shape index (κ1) is 17.8. The molecule has 2 rings (SSSR count). The molecule has 0 spiro atoms. The van der Waals surface area contributed by atoms with Gasteiger partial charge in [-0.2, -0.15) is 0 Å². The Bertz CT molecular complexity index is 514. The van der Waals surface area contributed by atoms with Crippen LogP contribution < -0.4 is 10.1 Å². The van der Waals surface area contributed by atoms with Gasteiger partial charge in [-0.3, -0.25) is 0 Å². The predicted octanol–water partition coefficient (Wildman–Crippen LogP) is 2.04. The molecule has 1 aromatic carbocycles. The lowest BCUT2D eigenvalue weighted by molar-refractivity contribution is -0.142. The van der Waals surface area contributed by atoms with Crippen LogP contribution in [0.5, 0.6) is 5.75 Å². The van der Waals surface area contributed by atoms with Crippen molar-refractivity contribution >= 4 is 5.97 Å². The van der Waals surface area contributed by atoms with E-state index < -0.39 is 0 Å². The van der Waals surface area contributed by atoms with Gasteiger partial charge in [0.1, 0.15) is 5.75 Å². The summed E-state index contributed by atoms with van der Waals surface area (Å²) in [6.07, 6.45) is 2.41. The number of likely N-dealkylation sites (tertiary alicyclic amines) is 1. The predicted molar refractivity (Wildman–Crippen MR) is 90.8 cm³/mol. The summed E-state index contributed by atoms with van der Waals surface area (Å²) < 4.78 is 10.2. The smallest absolute Gasteiger partial charge is 0.343 e. The summed E-state index contributed by atoms with van der Waals surface area (Å²) in [5.41, 5.74) is 3.35. The van der Waals surface area contributed by atoms with E-state index in [2.05, 4.69) is 34.1 Å². The van der Waals surface area contributed by atoms with Gasteiger partial charge in [0.2, 0.25) is 0 Å². The van der Waals surface area contributed by atoms with Crippen LogP contribution >= 0.6 is 0 Å². The van der Waals surface area contributed by atoms with Gasteiger partial charge < -0.3 is 19.7 Å². The standard InChI is InChI=1S/C18H28N2O3/c1-13-9-15(11-19-16-5-7-20(3)8-6-16)10-14(2)18(13)23-12-17(21)22-4/h9-10,16,19H,5-8,11-12H2,1-4H3. The van der Waals surface area contributed by atoms with Crippen molar-refractivity contribution in [2.45, 2.75) is 39.3 Å². The fraction of sp³-hybridized carbons (Fsp3) is 0.611. The largest absolute Gasteiger partial charge is 0.481 e. The van der Waals surface area contributed by atoms with Crippen molar-refractivity contribution in [1.29, 1.82) is 0 Å². The minimum Gasteiger partial charge on any atom is -0.481 e. The highest BCUT2D eigenvalue weighted by atomic mass is 16.6. The van der Waals surface area contributed by atoms with Gasteiger partial charge >= 0.3 is 5.97 Å². The molecule has 1 N–H and O–H groups in total. The zero-order valence-electron chi connectivity index (χ0n) is 14.6. The van der Waals surface area contributed by atoms with Crippen LogP contribution in [0.2, 0.25) is 0 Å². The molecule has 1 aliphatic heterocycles. The normalized spacial score (nSPS) is 16.3. The van der Waals surface area contributed by atoms with E-state index >= 15 is 0 Å². The number of piperidine rings is 1. The minimum absolute atomic E-state index is 0.0502. The lowest BCUT2D eigenvalue weighted by Crippen LogP contribution is -2.40. The van der Waals surface area contributed by atoms with Crippen LogP contribution in [-0.4, -0.2) is 50.8 Å². The number of carbonyl (C=O) groups excluding carboxylic acids is 1. The van der Waals surface area contributed by atoms with Crippen LogP contribution in [0.25, 0.3) is 0 Å². The maximum atomic E-state index is 11.2. The average molecular weight is 320 g/mol. The molecule has 5 heteroatoms. The molecule has 0 saturated carbocycles. The van der Waals surface area contributed by atoms with Gasteiger partial charge in [-0.15, -0.1) is 0 Å². The third-order valence-corrected chi connectivity index (χ3v) is 4.40. The number of aryl methyl sites for hydroxylation is 2. The summed E-state index contributed by atoms with van der Waals surface area (Å²) >= 11 is 0. The fourth-order valence-electron chi connectivity index (χ4n) is 3.03. The molecule has 0 aliphatic carbocycles. The Morgan fingerprint density at radius 2 is 1.87 bits per heavy atom. The second-order valence-electron chi connectivity index (χ2n) is 6.38. The number of hydrogen-bond acceptors (Lipinski definition) is 5. The number of rotatable bonds is 6. The van der Waals surface area contributed by atoms with Crippen LogP contribution in [0.1, 0.15) is 29.5 Å². The van der Waals surface area contributed by atoms with Crippen molar-refractivity contribution in [2.24, 2.45) is 0 Å². The van der Waals surface area contributed by atoms with Crippen LogP contribution in [0.3, 0.4) is 0 Å². The monoisotopic (exact) mass is 320 g/mol. The third kappa shape index (κ3) is 5.22. The van der Waals surface area contributed by atoms with Crippen LogP contribution in [0.4, 0.5) is 0 Å². The van der Waals surface area contributed by atoms with Gasteiger partial charge in [-0.05, 0) is 63.5 Å². The van der Waals surface area contributed by atoms with E-state index in [1.807, 2.05) is 13.8 Å². The minimum atomic E-state index is -0.364. The van der Waals surface area contributed by atoms with Gasteiger partial charge in [-0.25, -0.2) is 4.79 Å². The van der Waals surface area contributed by atoms with Gasteiger partial charge in [0.05, 0.1) is 7.11 Å². The lowest BCUT2D eigenvalue weighted by Gasteiger charge is -2.29. The lowest BCUT2D eigenvalue weighted by atomic mass is 10.0. The second-order valence-corrected chi connectivity index (χ2v) is 6.38. The van der Waals surface area contributed by atoms with Crippen molar-refractivity contribution in [3.8, 4) is 5.75 Å². The van der Waals surface area contributed by atoms with Crippen molar-refractivity contribution in [2.75, 3.05) is 33.9 Å². The van der Waals surface area contributed by atoms with E-state index in [-0.39, 0.29) is 12.6 Å². The summed E-state index contributed by atoms with van der Waals surface area (Å²) in [6, 6.07) is 4.85. The molecule has 128 valence electrons. The van der Waals surface area contributed by atoms with Crippen LogP contribution in [0.15, 0.2) is 12.1 Å². The Morgan fingerprint density at radius 3 is 2.43 bits per heavy atom. The molecule has 23 heavy (non-hydrogen) atoms. The summed E-state index contributed by atoms with van der Waals surface area (Å²) in [5.74, 6) is 0.412. The number of esters is 1. The Kier molecular flexibility index (Phi) is 6.42. The molecule has 1 heterocycles. The van der Waals surface area contributed by atoms with E-state index in [1.165, 1.54) is 25.5 Å². The Labute approximate surface area is 139 Å². The molecular formula is C18H28N2O3. The van der Waals surface area contributed by atoms with Gasteiger partial charge in [0.15, 0.2) is 6.61 Å². The SMILES string of the molecule is COC(=O)COc1c(C)cc(CNC2CCN(C)CC2)cc1C. The fourth-order valence-corrected chi connectivity index (χ4v) is 3.03. The van der Waals surface area contributed by atoms with E-state index in [9.17, 15) is 4.79 Å². The molecule has 0 aromatic heterocycles. The summed E-state index contributed by atoms with van der Waals surface area (Å²) in [5, 5.41) is 3.65. The topological polar surface area (TPSA) is 50.8 Å². The summed E-state index contributed by atoms with van der Waals surface area (Å²) in [7, 11) is 3.54. The molecule has 0 amide bonds. The maximum absolute atomic E-state index is 11.2. The van der Waals surface area contributed by atoms with E-state index in [4.69, 9.17) is 4.74 Å². The Hall–Kier alpha value is -1.59. The highest BCUT2D eigenvalue weighted by Gasteiger charge is 2.16. The molecule has 1 fully saturated rings. The van der Waals surface area contributed by atoms with Gasteiger partial charge in [-0.1, -0.05) is 12.1 Å². The number of carbonyl (C=O) groups is 1. The highest BCUT2D eigenvalue weighted by Crippen LogP contribution is 2.25. The van der Waals surface area contributed by atoms with Crippen LogP contribution in [0, 0.1) is 13.8 Å². The van der Waals surface area contributed by atoms with E-state index in [0.29, 0.717) is 6.04 Å². The number of methoxy groups -OCH3 is 1. The van der Waals surface area contributed by atoms with Crippen LogP contribution in [-0.2, 0) is 16.1 Å². The van der Waals surface area contributed by atoms with Gasteiger partial charge in [0, 0.05) is 12.6 Å². The van der Waals surface area contributed by atoms with Crippen molar-refractivity contribution in [3.63, 3.8) is 0 Å².